The predicted molar refractivity (Wildman–Crippen MR) is 145 cm³/mol. The molecule has 1 atom stereocenters. The summed E-state index contributed by atoms with van der Waals surface area (Å²) in [5.41, 5.74) is 3.39. The average Bonchev–Trinajstić information content (AvgIpc) is 3.68. The monoisotopic (exact) mass is 520 g/mol. The van der Waals surface area contributed by atoms with Gasteiger partial charge in [-0.3, -0.25) is 9.69 Å². The number of aromatic nitrogens is 4. The summed E-state index contributed by atoms with van der Waals surface area (Å²) in [4.78, 5) is 28.4. The first kappa shape index (κ1) is 25.3. The largest absolute Gasteiger partial charge is 0.350 e. The zero-order chi connectivity index (χ0) is 25.9. The number of nitrogens with zero attached hydrogens (tertiary/aromatic N) is 7. The van der Waals surface area contributed by atoms with E-state index in [0.29, 0.717) is 49.0 Å². The predicted octanol–water partition coefficient (Wildman–Crippen LogP) is 3.45. The number of carbonyl (C=O) groups excluding carboxylic acids is 1. The van der Waals surface area contributed by atoms with Crippen LogP contribution in [0.15, 0.2) is 48.1 Å². The minimum absolute atomic E-state index is 0.160. The fourth-order valence-electron chi connectivity index (χ4n) is 4.64. The summed E-state index contributed by atoms with van der Waals surface area (Å²) in [6.07, 6.45) is 3.62. The fraction of sp³-hybridized carbons (Fsp3) is 0.385. The minimum Gasteiger partial charge on any atom is -0.350 e. The Bertz CT molecular complexity index is 1370. The van der Waals surface area contributed by atoms with Crippen LogP contribution in [0.25, 0.3) is 27.5 Å². The lowest BCUT2D eigenvalue weighted by Gasteiger charge is -2.26. The fourth-order valence-corrected chi connectivity index (χ4v) is 5.33. The van der Waals surface area contributed by atoms with E-state index in [-0.39, 0.29) is 11.9 Å². The smallest absolute Gasteiger partial charge is 0.251 e. The summed E-state index contributed by atoms with van der Waals surface area (Å²) in [6, 6.07) is 9.78. The molecule has 4 aromatic rings. The number of hydroxylamine groups is 2. The van der Waals surface area contributed by atoms with Crippen molar-refractivity contribution in [2.45, 2.75) is 26.8 Å². The van der Waals surface area contributed by atoms with Crippen molar-refractivity contribution in [1.29, 1.82) is 0 Å². The van der Waals surface area contributed by atoms with Crippen LogP contribution in [0.3, 0.4) is 0 Å². The first-order valence-electron chi connectivity index (χ1n) is 12.6. The Kier molecular flexibility index (Phi) is 7.47. The number of thiophene rings is 1. The lowest BCUT2D eigenvalue weighted by atomic mass is 10.1. The molecule has 194 valence electrons. The lowest BCUT2D eigenvalue weighted by molar-refractivity contribution is -0.0666. The second-order valence-electron chi connectivity index (χ2n) is 9.13. The Morgan fingerprint density at radius 3 is 2.73 bits per heavy atom. The molecule has 0 spiro atoms. The van der Waals surface area contributed by atoms with Crippen molar-refractivity contribution in [3.63, 3.8) is 0 Å². The summed E-state index contributed by atoms with van der Waals surface area (Å²) in [7, 11) is 0. The van der Waals surface area contributed by atoms with Crippen LogP contribution in [-0.4, -0.2) is 86.1 Å². The first-order valence-corrected chi connectivity index (χ1v) is 13.5. The summed E-state index contributed by atoms with van der Waals surface area (Å²) < 4.78 is 1.72. The van der Waals surface area contributed by atoms with Gasteiger partial charge in [-0.15, -0.1) is 11.3 Å². The first-order chi connectivity index (χ1) is 18.0. The Morgan fingerprint density at radius 1 is 1.19 bits per heavy atom. The highest BCUT2D eigenvalue weighted by molar-refractivity contribution is 7.13. The zero-order valence-corrected chi connectivity index (χ0v) is 22.1. The normalized spacial score (nSPS) is 15.1. The van der Waals surface area contributed by atoms with E-state index in [9.17, 15) is 10.0 Å². The Morgan fingerprint density at radius 2 is 2.03 bits per heavy atom. The van der Waals surface area contributed by atoms with Crippen LogP contribution in [-0.2, 0) is 0 Å². The van der Waals surface area contributed by atoms with E-state index in [4.69, 9.17) is 9.97 Å². The molecule has 1 saturated heterocycles. The van der Waals surface area contributed by atoms with Crippen LogP contribution in [0.5, 0.6) is 0 Å². The number of rotatable bonds is 9. The Hall–Kier alpha value is -3.38. The van der Waals surface area contributed by atoms with Crippen LogP contribution in [0.4, 0.5) is 5.82 Å². The van der Waals surface area contributed by atoms with Gasteiger partial charge in [-0.2, -0.15) is 10.2 Å². The molecule has 10 nitrogen and oxygen atoms in total. The quantitative estimate of drug-likeness (QED) is 0.346. The third-order valence-electron chi connectivity index (χ3n) is 6.77. The molecule has 1 aliphatic heterocycles. The molecule has 0 aliphatic carbocycles. The van der Waals surface area contributed by atoms with Gasteiger partial charge in [-0.25, -0.2) is 14.5 Å². The van der Waals surface area contributed by atoms with Crippen molar-refractivity contribution in [2.75, 3.05) is 44.3 Å². The molecule has 4 aromatic heterocycles. The Labute approximate surface area is 220 Å². The number of carbonyl (C=O) groups is 1. The van der Waals surface area contributed by atoms with Crippen molar-refractivity contribution < 1.29 is 10.0 Å². The number of likely N-dealkylation sites (N-methyl/N-ethyl adjacent to an activating group) is 1. The lowest BCUT2D eigenvalue weighted by Crippen LogP contribution is -2.42. The number of hydrogen-bond acceptors (Lipinski definition) is 9. The summed E-state index contributed by atoms with van der Waals surface area (Å²) in [6.45, 7) is 10.2. The van der Waals surface area contributed by atoms with Crippen LogP contribution in [0, 0.1) is 0 Å². The topological polar surface area (TPSA) is 102 Å². The molecule has 0 saturated carbocycles. The molecule has 0 radical (unpaired) electrons. The molecule has 5 heterocycles. The van der Waals surface area contributed by atoms with Crippen LogP contribution in [0.1, 0.15) is 31.1 Å². The second-order valence-corrected chi connectivity index (χ2v) is 10.1. The van der Waals surface area contributed by atoms with Crippen molar-refractivity contribution in [2.24, 2.45) is 0 Å². The van der Waals surface area contributed by atoms with Gasteiger partial charge < -0.3 is 15.4 Å². The maximum Gasteiger partial charge on any atom is 0.251 e. The van der Waals surface area contributed by atoms with E-state index < -0.39 is 0 Å². The van der Waals surface area contributed by atoms with Crippen molar-refractivity contribution >= 4 is 28.7 Å². The van der Waals surface area contributed by atoms with E-state index in [1.54, 1.807) is 34.2 Å². The molecule has 0 aromatic carbocycles. The number of nitrogens with one attached hydrogen (secondary N) is 1. The van der Waals surface area contributed by atoms with Gasteiger partial charge >= 0.3 is 0 Å². The van der Waals surface area contributed by atoms with Gasteiger partial charge in [0.1, 0.15) is 5.82 Å². The molecule has 1 fully saturated rings. The SMILES string of the molecule is CCN(CC)C(C)CNC(=O)c1cc(-c2cnn3ccc(-c4cccs4)nc23)nc(N2CCN(O)C2)c1. The zero-order valence-electron chi connectivity index (χ0n) is 21.3. The average molecular weight is 521 g/mol. The van der Waals surface area contributed by atoms with Crippen molar-refractivity contribution in [3.05, 3.63) is 53.7 Å². The number of hydrogen-bond donors (Lipinski definition) is 2. The summed E-state index contributed by atoms with van der Waals surface area (Å²) >= 11 is 1.63. The van der Waals surface area contributed by atoms with Gasteiger partial charge in [-0.05, 0) is 49.7 Å². The maximum atomic E-state index is 13.3. The molecule has 37 heavy (non-hydrogen) atoms. The molecule has 2 N–H and O–H groups in total. The number of pyridine rings is 1. The highest BCUT2D eigenvalue weighted by Gasteiger charge is 2.23. The standard InChI is InChI=1S/C26H32N8O2S/c1-4-31(5-2)18(3)15-27-26(35)19-13-22(29-24(14-19)32-10-11-33(36)17-32)20-16-28-34-9-8-21(30-25(20)34)23-7-6-12-37-23/h6-9,12-14,16,18,36H,4-5,10-11,15,17H2,1-3H3,(H,27,35). The molecular formula is C26H32N8O2S. The van der Waals surface area contributed by atoms with Gasteiger partial charge in [0, 0.05) is 37.4 Å². The highest BCUT2D eigenvalue weighted by atomic mass is 32.1. The highest BCUT2D eigenvalue weighted by Crippen LogP contribution is 2.29. The van der Waals surface area contributed by atoms with Crippen LogP contribution < -0.4 is 10.2 Å². The molecule has 11 heteroatoms. The van der Waals surface area contributed by atoms with E-state index in [1.165, 1.54) is 5.06 Å². The van der Waals surface area contributed by atoms with Crippen LogP contribution >= 0.6 is 11.3 Å². The molecular weight excluding hydrogens is 488 g/mol. The van der Waals surface area contributed by atoms with Crippen LogP contribution in [0.2, 0.25) is 0 Å². The van der Waals surface area contributed by atoms with Crippen molar-refractivity contribution in [3.8, 4) is 21.8 Å². The van der Waals surface area contributed by atoms with Crippen molar-refractivity contribution in [1.82, 2.24) is 34.9 Å². The van der Waals surface area contributed by atoms with Gasteiger partial charge in [0.05, 0.1) is 34.7 Å². The third kappa shape index (κ3) is 5.35. The van der Waals surface area contributed by atoms with E-state index >= 15 is 0 Å². The summed E-state index contributed by atoms with van der Waals surface area (Å²) in [5.74, 6) is 0.470. The maximum absolute atomic E-state index is 13.3. The van der Waals surface area contributed by atoms with Gasteiger partial charge in [-0.1, -0.05) is 19.9 Å². The minimum atomic E-state index is -0.160. The van der Waals surface area contributed by atoms with E-state index in [1.807, 2.05) is 34.7 Å². The van der Waals surface area contributed by atoms with Gasteiger partial charge in [0.25, 0.3) is 5.91 Å². The molecule has 5 rings (SSSR count). The van der Waals surface area contributed by atoms with E-state index in [2.05, 4.69) is 36.1 Å². The Balaban J connectivity index is 1.51. The number of anilines is 1. The molecule has 0 bridgehead atoms. The molecule has 1 aliphatic rings. The summed E-state index contributed by atoms with van der Waals surface area (Å²) in [5, 5.41) is 20.8. The number of fused-ring (bicyclic) bond motifs is 1. The third-order valence-corrected chi connectivity index (χ3v) is 7.66. The van der Waals surface area contributed by atoms with Gasteiger partial charge in [0.15, 0.2) is 5.65 Å². The van der Waals surface area contributed by atoms with E-state index in [0.717, 1.165) is 29.2 Å². The van der Waals surface area contributed by atoms with Gasteiger partial charge in [0.2, 0.25) is 0 Å². The molecule has 1 amide bonds. The molecule has 1 unspecified atom stereocenters. The second kappa shape index (κ2) is 10.9. The number of amides is 1.